The molecule has 0 saturated heterocycles. The standard InChI is InChI=1S/C8H6BrClO2/c1-5(11)12-7-4-2-3-6(9)8(7)10/h2-4H,1H3. The highest BCUT2D eigenvalue weighted by Crippen LogP contribution is 2.31. The molecule has 0 spiro atoms. The molecule has 0 aliphatic carbocycles. The zero-order valence-electron chi connectivity index (χ0n) is 6.30. The Kier molecular flexibility index (Phi) is 3.12. The Bertz CT molecular complexity index is 312. The van der Waals surface area contributed by atoms with Crippen LogP contribution in [0.15, 0.2) is 22.7 Å². The highest BCUT2D eigenvalue weighted by atomic mass is 79.9. The van der Waals surface area contributed by atoms with Crippen LogP contribution in [0.3, 0.4) is 0 Å². The Labute approximate surface area is 83.6 Å². The molecule has 0 unspecified atom stereocenters. The van der Waals surface area contributed by atoms with E-state index in [2.05, 4.69) is 15.9 Å². The number of hydrogen-bond acceptors (Lipinski definition) is 2. The maximum atomic E-state index is 10.6. The minimum Gasteiger partial charge on any atom is -0.425 e. The van der Waals surface area contributed by atoms with E-state index in [4.69, 9.17) is 16.3 Å². The van der Waals surface area contributed by atoms with Crippen molar-refractivity contribution in [3.05, 3.63) is 27.7 Å². The normalized spacial score (nSPS) is 9.58. The topological polar surface area (TPSA) is 26.3 Å². The summed E-state index contributed by atoms with van der Waals surface area (Å²) in [5.41, 5.74) is 0. The smallest absolute Gasteiger partial charge is 0.308 e. The molecule has 12 heavy (non-hydrogen) atoms. The zero-order valence-corrected chi connectivity index (χ0v) is 8.65. The van der Waals surface area contributed by atoms with Gasteiger partial charge in [0.05, 0.1) is 5.02 Å². The summed E-state index contributed by atoms with van der Waals surface area (Å²) >= 11 is 9.03. The first-order chi connectivity index (χ1) is 5.61. The second kappa shape index (κ2) is 3.92. The SMILES string of the molecule is CC(=O)Oc1cccc(Br)c1Cl. The molecule has 0 fully saturated rings. The molecule has 0 saturated carbocycles. The molecule has 1 aromatic rings. The molecule has 0 atom stereocenters. The van der Waals surface area contributed by atoms with Gasteiger partial charge in [-0.15, -0.1) is 0 Å². The van der Waals surface area contributed by atoms with Crippen LogP contribution < -0.4 is 4.74 Å². The van der Waals surface area contributed by atoms with Gasteiger partial charge in [-0.25, -0.2) is 0 Å². The van der Waals surface area contributed by atoms with Gasteiger partial charge in [0.2, 0.25) is 0 Å². The Balaban J connectivity index is 3.00. The van der Waals surface area contributed by atoms with Crippen molar-refractivity contribution < 1.29 is 9.53 Å². The van der Waals surface area contributed by atoms with E-state index in [9.17, 15) is 4.79 Å². The largest absolute Gasteiger partial charge is 0.425 e. The monoisotopic (exact) mass is 248 g/mol. The summed E-state index contributed by atoms with van der Waals surface area (Å²) in [6.07, 6.45) is 0. The van der Waals surface area contributed by atoms with Gasteiger partial charge in [0.1, 0.15) is 0 Å². The first kappa shape index (κ1) is 9.55. The lowest BCUT2D eigenvalue weighted by Gasteiger charge is -2.03. The molecule has 0 aliphatic heterocycles. The van der Waals surface area contributed by atoms with Crippen molar-refractivity contribution in [1.82, 2.24) is 0 Å². The van der Waals surface area contributed by atoms with Gasteiger partial charge < -0.3 is 4.74 Å². The van der Waals surface area contributed by atoms with Crippen LogP contribution in [0.4, 0.5) is 0 Å². The maximum absolute atomic E-state index is 10.6. The number of carbonyl (C=O) groups excluding carboxylic acids is 1. The number of ether oxygens (including phenoxy) is 1. The van der Waals surface area contributed by atoms with E-state index in [0.717, 1.165) is 0 Å². The van der Waals surface area contributed by atoms with Crippen LogP contribution in [0.25, 0.3) is 0 Å². The molecule has 0 N–H and O–H groups in total. The fraction of sp³-hybridized carbons (Fsp3) is 0.125. The molecule has 1 aromatic carbocycles. The predicted molar refractivity (Wildman–Crippen MR) is 50.5 cm³/mol. The maximum Gasteiger partial charge on any atom is 0.308 e. The lowest BCUT2D eigenvalue weighted by atomic mass is 10.3. The van der Waals surface area contributed by atoms with Crippen LogP contribution in [0.5, 0.6) is 5.75 Å². The van der Waals surface area contributed by atoms with E-state index in [-0.39, 0.29) is 5.97 Å². The third kappa shape index (κ3) is 2.22. The van der Waals surface area contributed by atoms with Gasteiger partial charge in [0.15, 0.2) is 5.75 Å². The minimum absolute atomic E-state index is 0.374. The second-order valence-electron chi connectivity index (χ2n) is 2.15. The summed E-state index contributed by atoms with van der Waals surface area (Å²) in [4.78, 5) is 10.6. The van der Waals surface area contributed by atoms with E-state index in [1.165, 1.54) is 6.92 Å². The highest BCUT2D eigenvalue weighted by molar-refractivity contribution is 9.10. The average Bonchev–Trinajstić information content (AvgIpc) is 1.98. The molecule has 4 heteroatoms. The zero-order chi connectivity index (χ0) is 9.14. The summed E-state index contributed by atoms with van der Waals surface area (Å²) in [5.74, 6) is -0.00598. The Hall–Kier alpha value is -0.540. The second-order valence-corrected chi connectivity index (χ2v) is 3.38. The van der Waals surface area contributed by atoms with Crippen LogP contribution in [-0.4, -0.2) is 5.97 Å². The number of hydrogen-bond donors (Lipinski definition) is 0. The molecule has 1 rings (SSSR count). The van der Waals surface area contributed by atoms with Gasteiger partial charge in [-0.2, -0.15) is 0 Å². The van der Waals surface area contributed by atoms with E-state index < -0.39 is 0 Å². The molecule has 64 valence electrons. The van der Waals surface area contributed by atoms with Gasteiger partial charge in [-0.05, 0) is 28.1 Å². The Morgan fingerprint density at radius 2 is 2.25 bits per heavy atom. The van der Waals surface area contributed by atoms with Gasteiger partial charge >= 0.3 is 5.97 Å². The molecular weight excluding hydrogens is 243 g/mol. The molecule has 0 radical (unpaired) electrons. The number of carbonyl (C=O) groups is 1. The molecule has 0 bridgehead atoms. The van der Waals surface area contributed by atoms with Gasteiger partial charge in [0.25, 0.3) is 0 Å². The summed E-state index contributed by atoms with van der Waals surface area (Å²) < 4.78 is 5.54. The van der Waals surface area contributed by atoms with Crippen molar-refractivity contribution in [2.24, 2.45) is 0 Å². The van der Waals surface area contributed by atoms with Crippen molar-refractivity contribution in [2.75, 3.05) is 0 Å². The van der Waals surface area contributed by atoms with E-state index >= 15 is 0 Å². The molecule has 0 heterocycles. The van der Waals surface area contributed by atoms with Crippen molar-refractivity contribution in [3.63, 3.8) is 0 Å². The van der Waals surface area contributed by atoms with Crippen molar-refractivity contribution in [2.45, 2.75) is 6.92 Å². The average molecular weight is 249 g/mol. The summed E-state index contributed by atoms with van der Waals surface area (Å²) in [6.45, 7) is 1.33. The molecule has 0 aliphatic rings. The first-order valence-electron chi connectivity index (χ1n) is 3.23. The van der Waals surface area contributed by atoms with E-state index in [1.54, 1.807) is 18.2 Å². The number of benzene rings is 1. The summed E-state index contributed by atoms with van der Waals surface area (Å²) in [6, 6.07) is 5.15. The van der Waals surface area contributed by atoms with Crippen LogP contribution >= 0.6 is 27.5 Å². The highest BCUT2D eigenvalue weighted by Gasteiger charge is 2.06. The Morgan fingerprint density at radius 1 is 1.58 bits per heavy atom. The lowest BCUT2D eigenvalue weighted by Crippen LogP contribution is -2.01. The van der Waals surface area contributed by atoms with Crippen molar-refractivity contribution >= 4 is 33.5 Å². The van der Waals surface area contributed by atoms with Crippen LogP contribution in [-0.2, 0) is 4.79 Å². The number of esters is 1. The van der Waals surface area contributed by atoms with E-state index in [1.807, 2.05) is 0 Å². The summed E-state index contributed by atoms with van der Waals surface area (Å²) in [5, 5.41) is 0.410. The molecule has 0 aromatic heterocycles. The third-order valence-electron chi connectivity index (χ3n) is 1.17. The molecular formula is C8H6BrClO2. The van der Waals surface area contributed by atoms with E-state index in [0.29, 0.717) is 15.2 Å². The number of rotatable bonds is 1. The summed E-state index contributed by atoms with van der Waals surface area (Å²) in [7, 11) is 0. The minimum atomic E-state index is -0.380. The van der Waals surface area contributed by atoms with Crippen LogP contribution in [0.1, 0.15) is 6.92 Å². The van der Waals surface area contributed by atoms with Gasteiger partial charge in [-0.3, -0.25) is 4.79 Å². The Morgan fingerprint density at radius 3 is 2.83 bits per heavy atom. The first-order valence-corrected chi connectivity index (χ1v) is 4.41. The third-order valence-corrected chi connectivity index (χ3v) is 2.45. The van der Waals surface area contributed by atoms with Crippen molar-refractivity contribution in [3.8, 4) is 5.75 Å². The quantitative estimate of drug-likeness (QED) is 0.565. The molecule has 0 amide bonds. The lowest BCUT2D eigenvalue weighted by molar-refractivity contribution is -0.131. The van der Waals surface area contributed by atoms with Gasteiger partial charge in [-0.1, -0.05) is 17.7 Å². The van der Waals surface area contributed by atoms with Gasteiger partial charge in [0, 0.05) is 11.4 Å². The fourth-order valence-corrected chi connectivity index (χ4v) is 1.23. The number of halogens is 2. The molecule has 2 nitrogen and oxygen atoms in total. The van der Waals surface area contributed by atoms with Crippen LogP contribution in [0, 0.1) is 0 Å². The predicted octanol–water partition coefficient (Wildman–Crippen LogP) is 3.03. The van der Waals surface area contributed by atoms with Crippen LogP contribution in [0.2, 0.25) is 5.02 Å². The van der Waals surface area contributed by atoms with Crippen molar-refractivity contribution in [1.29, 1.82) is 0 Å². The fourth-order valence-electron chi connectivity index (χ4n) is 0.718.